The number of amides is 1. The average Bonchev–Trinajstić information content (AvgIpc) is 3.36. The number of piperidine rings is 1. The van der Waals surface area contributed by atoms with Gasteiger partial charge in [0.1, 0.15) is 5.60 Å². The van der Waals surface area contributed by atoms with Crippen molar-refractivity contribution in [2.75, 3.05) is 30.0 Å². The van der Waals surface area contributed by atoms with E-state index in [1.54, 1.807) is 0 Å². The zero-order valence-corrected chi connectivity index (χ0v) is 18.3. The molecule has 3 aromatic rings. The highest BCUT2D eigenvalue weighted by Crippen LogP contribution is 2.39. The maximum absolute atomic E-state index is 12.4. The number of likely N-dealkylation sites (tertiary alicyclic amines) is 1. The van der Waals surface area contributed by atoms with Crippen LogP contribution in [0.3, 0.4) is 0 Å². The first-order valence-electron chi connectivity index (χ1n) is 10.9. The van der Waals surface area contributed by atoms with Gasteiger partial charge in [0.05, 0.1) is 12.4 Å². The van der Waals surface area contributed by atoms with E-state index in [9.17, 15) is 4.79 Å². The number of carbonyl (C=O) groups is 1. The van der Waals surface area contributed by atoms with Gasteiger partial charge in [-0.15, -0.1) is 0 Å². The van der Waals surface area contributed by atoms with Crippen LogP contribution in [0.25, 0.3) is 10.9 Å². The molecule has 162 valence electrons. The van der Waals surface area contributed by atoms with E-state index in [4.69, 9.17) is 4.74 Å². The summed E-state index contributed by atoms with van der Waals surface area (Å²) in [5.74, 6) is 1.35. The third kappa shape index (κ3) is 3.80. The Balaban J connectivity index is 1.35. The molecule has 5 rings (SSSR count). The quantitative estimate of drug-likeness (QED) is 0.597. The van der Waals surface area contributed by atoms with E-state index >= 15 is 0 Å². The monoisotopic (exact) mass is 419 g/mol. The third-order valence-corrected chi connectivity index (χ3v) is 6.08. The lowest BCUT2D eigenvalue weighted by Crippen LogP contribution is -2.41. The molecule has 4 heterocycles. The summed E-state index contributed by atoms with van der Waals surface area (Å²) >= 11 is 0. The van der Waals surface area contributed by atoms with Crippen molar-refractivity contribution in [3.05, 3.63) is 48.3 Å². The number of rotatable bonds is 2. The van der Waals surface area contributed by atoms with Crippen molar-refractivity contribution in [1.82, 2.24) is 14.9 Å². The van der Waals surface area contributed by atoms with Gasteiger partial charge >= 0.3 is 6.09 Å². The summed E-state index contributed by atoms with van der Waals surface area (Å²) in [6.07, 6.45) is 5.62. The average molecular weight is 420 g/mol. The minimum absolute atomic E-state index is 0.207. The molecule has 0 saturated carbocycles. The van der Waals surface area contributed by atoms with Crippen molar-refractivity contribution in [2.45, 2.75) is 45.1 Å². The van der Waals surface area contributed by atoms with E-state index in [0.717, 1.165) is 48.6 Å². The molecule has 1 saturated heterocycles. The number of pyridine rings is 1. The molecule has 0 spiro atoms. The number of fused-ring (bicyclic) bond motifs is 2. The van der Waals surface area contributed by atoms with Crippen molar-refractivity contribution in [2.24, 2.45) is 0 Å². The van der Waals surface area contributed by atoms with E-state index in [-0.39, 0.29) is 6.09 Å². The first-order chi connectivity index (χ1) is 14.9. The van der Waals surface area contributed by atoms with Gasteiger partial charge < -0.3 is 24.8 Å². The fourth-order valence-electron chi connectivity index (χ4n) is 4.56. The highest BCUT2D eigenvalue weighted by atomic mass is 16.6. The number of nitrogens with one attached hydrogen (secondary N) is 2. The highest BCUT2D eigenvalue weighted by Gasteiger charge is 2.29. The number of anilines is 3. The SMILES string of the molecule is CC(C)(C)OC(=O)N1CCC(c2c[nH]c3ccc(N4CNc5ncccc54)cc23)CC1. The van der Waals surface area contributed by atoms with Crippen LogP contribution < -0.4 is 10.2 Å². The molecule has 0 atom stereocenters. The number of hydrogen-bond acceptors (Lipinski definition) is 5. The van der Waals surface area contributed by atoms with Crippen molar-refractivity contribution in [3.8, 4) is 0 Å². The van der Waals surface area contributed by atoms with E-state index < -0.39 is 5.60 Å². The fraction of sp³-hybridized carbons (Fsp3) is 0.417. The van der Waals surface area contributed by atoms with Crippen molar-refractivity contribution in [1.29, 1.82) is 0 Å². The second kappa shape index (κ2) is 7.48. The van der Waals surface area contributed by atoms with Gasteiger partial charge in [0.2, 0.25) is 0 Å². The lowest BCUT2D eigenvalue weighted by Gasteiger charge is -2.33. The largest absolute Gasteiger partial charge is 0.444 e. The number of nitrogens with zero attached hydrogens (tertiary/aromatic N) is 3. The Morgan fingerprint density at radius 3 is 2.77 bits per heavy atom. The Morgan fingerprint density at radius 2 is 2.00 bits per heavy atom. The zero-order valence-electron chi connectivity index (χ0n) is 18.3. The van der Waals surface area contributed by atoms with Gasteiger partial charge in [-0.3, -0.25) is 0 Å². The van der Waals surface area contributed by atoms with Crippen molar-refractivity contribution >= 4 is 34.2 Å². The van der Waals surface area contributed by atoms with Crippen LogP contribution in [0.2, 0.25) is 0 Å². The van der Waals surface area contributed by atoms with Crippen LogP contribution in [-0.2, 0) is 4.74 Å². The summed E-state index contributed by atoms with van der Waals surface area (Å²) in [4.78, 5) is 24.3. The molecule has 2 aliphatic heterocycles. The standard InChI is InChI=1S/C24H29N5O2/c1-24(2,3)31-23(30)28-11-8-16(9-12-28)19-14-26-20-7-6-17(13-18(19)20)29-15-27-22-21(29)5-4-10-25-22/h4-7,10,13-14,16,26H,8-9,11-12,15H2,1-3H3,(H,25,27). The smallest absolute Gasteiger partial charge is 0.410 e. The van der Waals surface area contributed by atoms with Crippen LogP contribution in [0.4, 0.5) is 22.0 Å². The van der Waals surface area contributed by atoms with Crippen molar-refractivity contribution < 1.29 is 9.53 Å². The van der Waals surface area contributed by atoms with Gasteiger partial charge in [-0.05, 0) is 75.4 Å². The lowest BCUT2D eigenvalue weighted by atomic mass is 9.89. The maximum atomic E-state index is 12.4. The highest BCUT2D eigenvalue weighted by molar-refractivity contribution is 5.89. The summed E-state index contributed by atoms with van der Waals surface area (Å²) in [7, 11) is 0. The molecule has 2 N–H and O–H groups in total. The second-order valence-corrected chi connectivity index (χ2v) is 9.35. The van der Waals surface area contributed by atoms with E-state index in [1.165, 1.54) is 10.9 Å². The predicted molar refractivity (Wildman–Crippen MR) is 123 cm³/mol. The molecule has 7 nitrogen and oxygen atoms in total. The van der Waals surface area contributed by atoms with E-state index in [1.807, 2.05) is 37.9 Å². The number of aromatic nitrogens is 2. The maximum Gasteiger partial charge on any atom is 0.410 e. The van der Waals surface area contributed by atoms with Crippen LogP contribution in [0.1, 0.15) is 45.1 Å². The van der Waals surface area contributed by atoms with Gasteiger partial charge in [0.25, 0.3) is 0 Å². The summed E-state index contributed by atoms with van der Waals surface area (Å²) in [5, 5.41) is 4.61. The van der Waals surface area contributed by atoms with Crippen LogP contribution in [-0.4, -0.2) is 46.3 Å². The Hall–Kier alpha value is -3.22. The van der Waals surface area contributed by atoms with E-state index in [2.05, 4.69) is 50.6 Å². The minimum atomic E-state index is -0.459. The number of hydrogen-bond donors (Lipinski definition) is 2. The molecular formula is C24H29N5O2. The first-order valence-corrected chi connectivity index (χ1v) is 10.9. The summed E-state index contributed by atoms with van der Waals surface area (Å²) in [5.41, 5.74) is 4.27. The summed E-state index contributed by atoms with van der Waals surface area (Å²) in [6, 6.07) is 10.6. The first kappa shape index (κ1) is 19.7. The zero-order chi connectivity index (χ0) is 21.6. The van der Waals surface area contributed by atoms with Gasteiger partial charge in [-0.2, -0.15) is 0 Å². The number of aromatic amines is 1. The molecule has 0 unspecified atom stereocenters. The number of benzene rings is 1. The fourth-order valence-corrected chi connectivity index (χ4v) is 4.56. The molecule has 1 aromatic carbocycles. The van der Waals surface area contributed by atoms with Crippen molar-refractivity contribution in [3.63, 3.8) is 0 Å². The predicted octanol–water partition coefficient (Wildman–Crippen LogP) is 5.20. The Labute approximate surface area is 182 Å². The van der Waals surface area contributed by atoms with Crippen LogP contribution in [0.15, 0.2) is 42.7 Å². The lowest BCUT2D eigenvalue weighted by molar-refractivity contribution is 0.0205. The molecule has 0 radical (unpaired) electrons. The van der Waals surface area contributed by atoms with Crippen LogP contribution in [0.5, 0.6) is 0 Å². The molecule has 0 aliphatic carbocycles. The Morgan fingerprint density at radius 1 is 1.19 bits per heavy atom. The third-order valence-electron chi connectivity index (χ3n) is 6.08. The molecule has 7 heteroatoms. The molecule has 2 aromatic heterocycles. The molecule has 1 amide bonds. The minimum Gasteiger partial charge on any atom is -0.444 e. The molecular weight excluding hydrogens is 390 g/mol. The molecule has 0 bridgehead atoms. The number of H-pyrrole nitrogens is 1. The Bertz CT molecular complexity index is 1110. The number of ether oxygens (including phenoxy) is 1. The van der Waals surface area contributed by atoms with E-state index in [0.29, 0.717) is 12.6 Å². The summed E-state index contributed by atoms with van der Waals surface area (Å²) in [6.45, 7) is 7.89. The second-order valence-electron chi connectivity index (χ2n) is 9.35. The molecule has 1 fully saturated rings. The number of carbonyl (C=O) groups excluding carboxylic acids is 1. The van der Waals surface area contributed by atoms with Gasteiger partial charge in [-0.25, -0.2) is 9.78 Å². The Kier molecular flexibility index (Phi) is 4.76. The molecule has 31 heavy (non-hydrogen) atoms. The van der Waals surface area contributed by atoms with Gasteiger partial charge in [0, 0.05) is 42.1 Å². The topological polar surface area (TPSA) is 73.5 Å². The summed E-state index contributed by atoms with van der Waals surface area (Å²) < 4.78 is 5.54. The van der Waals surface area contributed by atoms with Crippen LogP contribution in [0, 0.1) is 0 Å². The van der Waals surface area contributed by atoms with Crippen LogP contribution >= 0.6 is 0 Å². The van der Waals surface area contributed by atoms with Gasteiger partial charge in [0.15, 0.2) is 5.82 Å². The normalized spacial score (nSPS) is 17.0. The van der Waals surface area contributed by atoms with Gasteiger partial charge in [-0.1, -0.05) is 0 Å². The molecule has 2 aliphatic rings.